The van der Waals surface area contributed by atoms with Crippen molar-refractivity contribution in [3.63, 3.8) is 0 Å². The third-order valence-corrected chi connectivity index (χ3v) is 3.98. The lowest BCUT2D eigenvalue weighted by atomic mass is 9.92. The molecular weight excluding hydrogens is 212 g/mol. The summed E-state index contributed by atoms with van der Waals surface area (Å²) < 4.78 is 0. The minimum atomic E-state index is 1.03. The summed E-state index contributed by atoms with van der Waals surface area (Å²) in [6.07, 6.45) is 7.20. The smallest absolute Gasteiger partial charge is 0.00340 e. The van der Waals surface area contributed by atoms with Crippen LogP contribution in [0.5, 0.6) is 0 Å². The van der Waals surface area contributed by atoms with E-state index in [-0.39, 0.29) is 0 Å². The van der Waals surface area contributed by atoms with Crippen LogP contribution in [0, 0.1) is 17.8 Å². The van der Waals surface area contributed by atoms with Crippen LogP contribution < -0.4 is 0 Å². The third-order valence-electron chi connectivity index (χ3n) is 3.52. The quantitative estimate of drug-likeness (QED) is 0.637. The van der Waals surface area contributed by atoms with Gasteiger partial charge in [-0.1, -0.05) is 42.6 Å². The Bertz CT molecular complexity index is 122. The molecule has 1 fully saturated rings. The first kappa shape index (κ1) is 10.6. The summed E-state index contributed by atoms with van der Waals surface area (Å²) in [5.41, 5.74) is 0. The van der Waals surface area contributed by atoms with E-state index in [0.29, 0.717) is 0 Å². The van der Waals surface area contributed by atoms with Crippen molar-refractivity contribution in [3.8, 4) is 0 Å². The van der Waals surface area contributed by atoms with E-state index in [4.69, 9.17) is 0 Å². The fourth-order valence-electron chi connectivity index (χ4n) is 2.66. The molecule has 0 N–H and O–H groups in total. The average Bonchev–Trinajstić information content (AvgIpc) is 2.48. The van der Waals surface area contributed by atoms with Gasteiger partial charge in [0.2, 0.25) is 0 Å². The summed E-state index contributed by atoms with van der Waals surface area (Å²) in [6, 6.07) is 0. The molecule has 0 aromatic rings. The van der Waals surface area contributed by atoms with Gasteiger partial charge in [0.05, 0.1) is 0 Å². The van der Waals surface area contributed by atoms with Gasteiger partial charge in [0, 0.05) is 5.33 Å². The molecule has 0 aliphatic heterocycles. The van der Waals surface area contributed by atoms with Crippen molar-refractivity contribution in [2.45, 2.75) is 46.0 Å². The zero-order chi connectivity index (χ0) is 8.97. The Balaban J connectivity index is 2.39. The standard InChI is InChI=1S/C11H21Br/c1-3-9-7-10(4-2)11(8-9)5-6-12/h9-11H,3-8H2,1-2H3. The third kappa shape index (κ3) is 2.48. The van der Waals surface area contributed by atoms with E-state index in [2.05, 4.69) is 29.8 Å². The Morgan fingerprint density at radius 2 is 1.75 bits per heavy atom. The van der Waals surface area contributed by atoms with Crippen LogP contribution in [0.3, 0.4) is 0 Å². The molecule has 1 aliphatic rings. The largest absolute Gasteiger partial charge is 0.0928 e. The maximum absolute atomic E-state index is 3.56. The van der Waals surface area contributed by atoms with Crippen molar-refractivity contribution in [2.75, 3.05) is 5.33 Å². The molecule has 3 atom stereocenters. The van der Waals surface area contributed by atoms with Crippen LogP contribution >= 0.6 is 15.9 Å². The van der Waals surface area contributed by atoms with Gasteiger partial charge in [-0.25, -0.2) is 0 Å². The predicted octanol–water partition coefficient (Wildman–Crippen LogP) is 4.23. The van der Waals surface area contributed by atoms with Crippen molar-refractivity contribution in [1.29, 1.82) is 0 Å². The number of rotatable bonds is 4. The molecule has 1 saturated carbocycles. The Morgan fingerprint density at radius 1 is 1.08 bits per heavy atom. The van der Waals surface area contributed by atoms with Gasteiger partial charge in [-0.2, -0.15) is 0 Å². The van der Waals surface area contributed by atoms with Gasteiger partial charge in [0.1, 0.15) is 0 Å². The Labute approximate surface area is 85.3 Å². The number of halogens is 1. The lowest BCUT2D eigenvalue weighted by Gasteiger charge is -2.15. The second kappa shape index (κ2) is 5.26. The van der Waals surface area contributed by atoms with Crippen LogP contribution in [0.15, 0.2) is 0 Å². The van der Waals surface area contributed by atoms with Crippen LogP contribution in [0.1, 0.15) is 46.0 Å². The summed E-state index contributed by atoms with van der Waals surface area (Å²) in [7, 11) is 0. The first-order chi connectivity index (χ1) is 5.81. The predicted molar refractivity (Wildman–Crippen MR) is 58.7 cm³/mol. The molecule has 3 unspecified atom stereocenters. The molecule has 0 nitrogen and oxygen atoms in total. The number of hydrogen-bond donors (Lipinski definition) is 0. The normalized spacial score (nSPS) is 35.8. The van der Waals surface area contributed by atoms with E-state index in [1.54, 1.807) is 0 Å². The van der Waals surface area contributed by atoms with E-state index in [1.807, 2.05) is 0 Å². The van der Waals surface area contributed by atoms with Crippen LogP contribution in [0.2, 0.25) is 0 Å². The minimum absolute atomic E-state index is 1.03. The molecule has 0 spiro atoms. The Morgan fingerprint density at radius 3 is 2.25 bits per heavy atom. The van der Waals surface area contributed by atoms with Crippen molar-refractivity contribution in [3.05, 3.63) is 0 Å². The zero-order valence-corrected chi connectivity index (χ0v) is 9.94. The highest BCUT2D eigenvalue weighted by Crippen LogP contribution is 2.41. The fraction of sp³-hybridized carbons (Fsp3) is 1.00. The highest BCUT2D eigenvalue weighted by Gasteiger charge is 2.30. The topological polar surface area (TPSA) is 0 Å². The summed E-state index contributed by atoms with van der Waals surface area (Å²) in [4.78, 5) is 0. The molecule has 1 aliphatic carbocycles. The highest BCUT2D eigenvalue weighted by molar-refractivity contribution is 9.09. The van der Waals surface area contributed by atoms with Gasteiger partial charge in [0.25, 0.3) is 0 Å². The van der Waals surface area contributed by atoms with Gasteiger partial charge in [-0.3, -0.25) is 0 Å². The molecule has 0 aromatic carbocycles. The van der Waals surface area contributed by atoms with E-state index in [9.17, 15) is 0 Å². The summed E-state index contributed by atoms with van der Waals surface area (Å²) in [5, 5.41) is 1.20. The van der Waals surface area contributed by atoms with Crippen molar-refractivity contribution in [1.82, 2.24) is 0 Å². The first-order valence-electron chi connectivity index (χ1n) is 5.37. The zero-order valence-electron chi connectivity index (χ0n) is 8.35. The second-order valence-electron chi connectivity index (χ2n) is 4.15. The van der Waals surface area contributed by atoms with Crippen LogP contribution in [0.4, 0.5) is 0 Å². The van der Waals surface area contributed by atoms with Gasteiger partial charge >= 0.3 is 0 Å². The van der Waals surface area contributed by atoms with Gasteiger partial charge in [0.15, 0.2) is 0 Å². The molecule has 0 amide bonds. The highest BCUT2D eigenvalue weighted by atomic mass is 79.9. The van der Waals surface area contributed by atoms with Crippen molar-refractivity contribution >= 4 is 15.9 Å². The van der Waals surface area contributed by atoms with Crippen molar-refractivity contribution in [2.24, 2.45) is 17.8 Å². The minimum Gasteiger partial charge on any atom is -0.0928 e. The SMILES string of the molecule is CCC1CC(CC)C(CCBr)C1. The van der Waals surface area contributed by atoms with E-state index < -0.39 is 0 Å². The van der Waals surface area contributed by atoms with Crippen molar-refractivity contribution < 1.29 is 0 Å². The van der Waals surface area contributed by atoms with Crippen LogP contribution in [-0.4, -0.2) is 5.33 Å². The summed E-state index contributed by atoms with van der Waals surface area (Å²) in [6.45, 7) is 4.69. The number of alkyl halides is 1. The molecular formula is C11H21Br. The average molecular weight is 233 g/mol. The molecule has 0 radical (unpaired) electrons. The second-order valence-corrected chi connectivity index (χ2v) is 4.94. The van der Waals surface area contributed by atoms with Crippen LogP contribution in [-0.2, 0) is 0 Å². The molecule has 0 bridgehead atoms. The molecule has 72 valence electrons. The maximum Gasteiger partial charge on any atom is 0.00340 e. The van der Waals surface area contributed by atoms with E-state index >= 15 is 0 Å². The molecule has 12 heavy (non-hydrogen) atoms. The first-order valence-corrected chi connectivity index (χ1v) is 6.49. The Hall–Kier alpha value is 0.480. The lowest BCUT2D eigenvalue weighted by Crippen LogP contribution is -2.06. The van der Waals surface area contributed by atoms with Gasteiger partial charge in [-0.05, 0) is 37.0 Å². The van der Waals surface area contributed by atoms with E-state index in [0.717, 1.165) is 17.8 Å². The van der Waals surface area contributed by atoms with Gasteiger partial charge in [-0.15, -0.1) is 0 Å². The Kier molecular flexibility index (Phi) is 4.63. The summed E-state index contributed by atoms with van der Waals surface area (Å²) >= 11 is 3.56. The van der Waals surface area contributed by atoms with Crippen LogP contribution in [0.25, 0.3) is 0 Å². The number of hydrogen-bond acceptors (Lipinski definition) is 0. The van der Waals surface area contributed by atoms with Gasteiger partial charge < -0.3 is 0 Å². The fourth-order valence-corrected chi connectivity index (χ4v) is 3.25. The molecule has 0 saturated heterocycles. The lowest BCUT2D eigenvalue weighted by molar-refractivity contribution is 0.370. The maximum atomic E-state index is 3.56. The molecule has 0 heterocycles. The monoisotopic (exact) mass is 232 g/mol. The summed E-state index contributed by atoms with van der Waals surface area (Å²) in [5.74, 6) is 3.10. The molecule has 1 rings (SSSR count). The van der Waals surface area contributed by atoms with E-state index in [1.165, 1.54) is 37.4 Å². The molecule has 0 aromatic heterocycles. The molecule has 1 heteroatoms.